The zero-order chi connectivity index (χ0) is 47.3. The molecule has 2 aliphatic carbocycles. The first-order chi connectivity index (χ1) is 35.7. The van der Waals surface area contributed by atoms with Gasteiger partial charge < -0.3 is 0 Å². The van der Waals surface area contributed by atoms with Crippen molar-refractivity contribution in [3.05, 3.63) is 277 Å². The van der Waals surface area contributed by atoms with Gasteiger partial charge in [0.15, 0.2) is 0 Å². The molecule has 0 N–H and O–H groups in total. The molecule has 0 aromatic heterocycles. The second kappa shape index (κ2) is 16.2. The molecule has 0 radical (unpaired) electrons. The van der Waals surface area contributed by atoms with Crippen molar-refractivity contribution in [2.75, 3.05) is 0 Å². The molecule has 1 unspecified atom stereocenters. The Kier molecular flexibility index (Phi) is 9.19. The Morgan fingerprint density at radius 1 is 0.292 bits per heavy atom. The highest BCUT2D eigenvalue weighted by Gasteiger charge is 2.27. The monoisotopic (exact) mass is 910 g/mol. The van der Waals surface area contributed by atoms with Crippen LogP contribution in [-0.4, -0.2) is 0 Å². The second-order valence-corrected chi connectivity index (χ2v) is 19.8. The Hall–Kier alpha value is -9.10. The van der Waals surface area contributed by atoms with Crippen LogP contribution >= 0.6 is 0 Å². The summed E-state index contributed by atoms with van der Waals surface area (Å²) in [7, 11) is 0. The predicted molar refractivity (Wildman–Crippen MR) is 308 cm³/mol. The zero-order valence-corrected chi connectivity index (χ0v) is 39.6. The highest BCUT2D eigenvalue weighted by Crippen LogP contribution is 2.49. The van der Waals surface area contributed by atoms with Crippen molar-refractivity contribution in [2.24, 2.45) is 0 Å². The molecule has 0 saturated carbocycles. The van der Waals surface area contributed by atoms with Crippen LogP contribution in [0.5, 0.6) is 0 Å². The van der Waals surface area contributed by atoms with Crippen molar-refractivity contribution in [1.29, 1.82) is 0 Å². The summed E-state index contributed by atoms with van der Waals surface area (Å²) < 4.78 is 0. The fourth-order valence-electron chi connectivity index (χ4n) is 12.4. The second-order valence-electron chi connectivity index (χ2n) is 19.8. The van der Waals surface area contributed by atoms with Crippen molar-refractivity contribution < 1.29 is 0 Å². The lowest BCUT2D eigenvalue weighted by Gasteiger charge is -2.30. The Labute approximate surface area is 419 Å². The molecule has 0 amide bonds. The van der Waals surface area contributed by atoms with E-state index < -0.39 is 0 Å². The van der Waals surface area contributed by atoms with E-state index in [4.69, 9.17) is 0 Å². The quantitative estimate of drug-likeness (QED) is 0.140. The van der Waals surface area contributed by atoms with Gasteiger partial charge in [-0.15, -0.1) is 0 Å². The van der Waals surface area contributed by atoms with E-state index in [0.717, 1.165) is 6.42 Å². The number of rotatable bonds is 7. The number of benzene rings is 13. The summed E-state index contributed by atoms with van der Waals surface area (Å²) in [6.07, 6.45) is 8.14. The molecule has 0 heteroatoms. The van der Waals surface area contributed by atoms with E-state index in [-0.39, 0.29) is 5.92 Å². The summed E-state index contributed by atoms with van der Waals surface area (Å²) in [6.45, 7) is 0. The van der Waals surface area contributed by atoms with E-state index in [1.54, 1.807) is 0 Å². The standard InChI is InChI=1S/C72H46/c1-2-7-49(8-3-1)61-37-29-55-34-42-66-62(38-30-56-33-41-65(61)69(55)70(56)66)52-21-17-47(18-22-52)45-13-15-46(16-14-45)48-19-23-53(24-20-48)63-39-31-57-36-44-68-64(40-32-58-35-43-67(63)71(57)72(58)68)54-27-25-51(26-28-54)60-12-6-10-50-9-4-5-11-59(50)60/h1-32,34-44,61H,33H2. The van der Waals surface area contributed by atoms with Crippen LogP contribution in [0.15, 0.2) is 255 Å². The van der Waals surface area contributed by atoms with Crippen LogP contribution in [0.4, 0.5) is 0 Å². The third-order valence-corrected chi connectivity index (χ3v) is 16.0. The summed E-state index contributed by atoms with van der Waals surface area (Å²) in [5.41, 5.74) is 21.8. The van der Waals surface area contributed by atoms with Crippen LogP contribution < -0.4 is 0 Å². The van der Waals surface area contributed by atoms with Crippen molar-refractivity contribution in [3.8, 4) is 66.8 Å². The molecule has 13 aromatic carbocycles. The first-order valence-corrected chi connectivity index (χ1v) is 25.3. The molecule has 0 aliphatic heterocycles. The molecular formula is C72H46. The molecule has 2 aliphatic rings. The predicted octanol–water partition coefficient (Wildman–Crippen LogP) is 19.6. The summed E-state index contributed by atoms with van der Waals surface area (Å²) in [6, 6.07) is 90.5. The number of allylic oxidation sites excluding steroid dienone is 3. The van der Waals surface area contributed by atoms with Crippen LogP contribution in [0.2, 0.25) is 0 Å². The smallest absolute Gasteiger partial charge is 0.0276 e. The number of hydrogen-bond donors (Lipinski definition) is 0. The molecule has 15 rings (SSSR count). The lowest BCUT2D eigenvalue weighted by Crippen LogP contribution is -2.10. The van der Waals surface area contributed by atoms with Gasteiger partial charge in [-0.1, -0.05) is 261 Å². The van der Waals surface area contributed by atoms with Gasteiger partial charge in [-0.25, -0.2) is 0 Å². The van der Waals surface area contributed by atoms with Crippen LogP contribution in [-0.2, 0) is 6.42 Å². The average molecular weight is 911 g/mol. The zero-order valence-electron chi connectivity index (χ0n) is 39.6. The number of fused-ring (bicyclic) bond motifs is 1. The van der Waals surface area contributed by atoms with Crippen LogP contribution in [0, 0.1) is 0 Å². The molecule has 0 nitrogen and oxygen atoms in total. The summed E-state index contributed by atoms with van der Waals surface area (Å²) in [5.74, 6) is 0.283. The van der Waals surface area contributed by atoms with Gasteiger partial charge in [0.05, 0.1) is 0 Å². The average Bonchev–Trinajstić information content (AvgIpc) is 3.46. The molecule has 0 bridgehead atoms. The van der Waals surface area contributed by atoms with Crippen LogP contribution in [0.1, 0.15) is 28.2 Å². The van der Waals surface area contributed by atoms with E-state index in [0.29, 0.717) is 0 Å². The highest BCUT2D eigenvalue weighted by atomic mass is 14.3. The normalized spacial score (nSPS) is 13.9. The molecule has 0 saturated heterocycles. The van der Waals surface area contributed by atoms with Gasteiger partial charge >= 0.3 is 0 Å². The van der Waals surface area contributed by atoms with E-state index in [1.165, 1.54) is 148 Å². The van der Waals surface area contributed by atoms with Gasteiger partial charge in [0.2, 0.25) is 0 Å². The highest BCUT2D eigenvalue weighted by molar-refractivity contribution is 6.27. The minimum Gasteiger partial charge on any atom is -0.0753 e. The third-order valence-electron chi connectivity index (χ3n) is 16.0. The minimum atomic E-state index is 0.283. The molecule has 1 atom stereocenters. The molecule has 72 heavy (non-hydrogen) atoms. The van der Waals surface area contributed by atoms with Crippen molar-refractivity contribution in [2.45, 2.75) is 12.3 Å². The largest absolute Gasteiger partial charge is 0.0753 e. The lowest BCUT2D eigenvalue weighted by molar-refractivity contribution is 1.08. The van der Waals surface area contributed by atoms with Crippen molar-refractivity contribution in [1.82, 2.24) is 0 Å². The van der Waals surface area contributed by atoms with Crippen molar-refractivity contribution in [3.63, 3.8) is 0 Å². The maximum Gasteiger partial charge on any atom is 0.0276 e. The maximum absolute atomic E-state index is 2.47. The summed E-state index contributed by atoms with van der Waals surface area (Å²) >= 11 is 0. The minimum absolute atomic E-state index is 0.283. The fourth-order valence-corrected chi connectivity index (χ4v) is 12.4. The molecule has 13 aromatic rings. The third kappa shape index (κ3) is 6.46. The lowest BCUT2D eigenvalue weighted by atomic mass is 9.74. The van der Waals surface area contributed by atoms with Gasteiger partial charge in [-0.2, -0.15) is 0 Å². The van der Waals surface area contributed by atoms with Gasteiger partial charge in [-0.3, -0.25) is 0 Å². The summed E-state index contributed by atoms with van der Waals surface area (Å²) in [5, 5.41) is 13.1. The molecule has 0 spiro atoms. The Bertz CT molecular complexity index is 4340. The first kappa shape index (κ1) is 40.8. The number of hydrogen-bond acceptors (Lipinski definition) is 0. The van der Waals surface area contributed by atoms with E-state index in [9.17, 15) is 0 Å². The Morgan fingerprint density at radius 2 is 0.736 bits per heavy atom. The van der Waals surface area contributed by atoms with Crippen LogP contribution in [0.25, 0.3) is 132 Å². The van der Waals surface area contributed by atoms with E-state index in [1.807, 2.05) is 0 Å². The van der Waals surface area contributed by atoms with E-state index in [2.05, 4.69) is 261 Å². The van der Waals surface area contributed by atoms with Crippen LogP contribution in [0.3, 0.4) is 0 Å². The molecule has 0 fully saturated rings. The van der Waals surface area contributed by atoms with Crippen molar-refractivity contribution >= 4 is 65.5 Å². The molecule has 334 valence electrons. The van der Waals surface area contributed by atoms with Gasteiger partial charge in [0.1, 0.15) is 0 Å². The topological polar surface area (TPSA) is 0 Å². The van der Waals surface area contributed by atoms with Gasteiger partial charge in [0, 0.05) is 5.92 Å². The summed E-state index contributed by atoms with van der Waals surface area (Å²) in [4.78, 5) is 0. The first-order valence-electron chi connectivity index (χ1n) is 25.3. The van der Waals surface area contributed by atoms with Gasteiger partial charge in [-0.05, 0) is 155 Å². The van der Waals surface area contributed by atoms with E-state index >= 15 is 0 Å². The fraction of sp³-hybridized carbons (Fsp3) is 0.0278. The SMILES string of the molecule is C1=CC(c2ccccc2)C2=CCc3ccc(-c4ccc(-c5ccc(-c6ccc(-c7ccc8ccc9c(-c%10ccc(-c%11cccc%12ccccc%11%12)cc%10)ccc%10ccc7c8c%109)cc6)cc5)cc4)c4ccc1c2c34. The Morgan fingerprint density at radius 3 is 1.31 bits per heavy atom. The maximum atomic E-state index is 2.47. The van der Waals surface area contributed by atoms with Gasteiger partial charge in [0.25, 0.3) is 0 Å². The Balaban J connectivity index is 0.699. The molecular weight excluding hydrogens is 865 g/mol. The molecule has 0 heterocycles.